The van der Waals surface area contributed by atoms with Crippen LogP contribution in [0.3, 0.4) is 0 Å². The summed E-state index contributed by atoms with van der Waals surface area (Å²) in [5.74, 6) is -0.0763. The number of hydrogen-bond acceptors (Lipinski definition) is 3. The van der Waals surface area contributed by atoms with E-state index in [9.17, 15) is 9.90 Å². The third-order valence-corrected chi connectivity index (χ3v) is 3.99. The Morgan fingerprint density at radius 3 is 2.32 bits per heavy atom. The van der Waals surface area contributed by atoms with Gasteiger partial charge < -0.3 is 14.7 Å². The maximum atomic E-state index is 12.5. The van der Waals surface area contributed by atoms with E-state index in [1.54, 1.807) is 11.9 Å². The molecule has 0 bridgehead atoms. The summed E-state index contributed by atoms with van der Waals surface area (Å²) in [6.07, 6.45) is 0. The molecule has 0 aromatic heterocycles. The van der Waals surface area contributed by atoms with Crippen LogP contribution in [0.15, 0.2) is 12.1 Å². The lowest BCUT2D eigenvalue weighted by Crippen LogP contribution is -2.57. The standard InChI is InChI=1S/C15H21NO3/c1-10-5-12(3)13(6-11(10)2)16(4)14(18)15(7-17)8-19-9-15/h5-6,17H,7-9H2,1-4H3. The van der Waals surface area contributed by atoms with Crippen LogP contribution in [-0.4, -0.2) is 37.9 Å². The van der Waals surface area contributed by atoms with Gasteiger partial charge in [-0.2, -0.15) is 0 Å². The highest BCUT2D eigenvalue weighted by molar-refractivity contribution is 5.98. The van der Waals surface area contributed by atoms with E-state index >= 15 is 0 Å². The fourth-order valence-electron chi connectivity index (χ4n) is 2.40. The summed E-state index contributed by atoms with van der Waals surface area (Å²) < 4.78 is 5.10. The second-order valence-electron chi connectivity index (χ2n) is 5.52. The van der Waals surface area contributed by atoms with Crippen molar-refractivity contribution in [3.8, 4) is 0 Å². The van der Waals surface area contributed by atoms with Crippen LogP contribution >= 0.6 is 0 Å². The molecular formula is C15H21NO3. The van der Waals surface area contributed by atoms with Crippen LogP contribution in [0.25, 0.3) is 0 Å². The van der Waals surface area contributed by atoms with E-state index in [0.717, 1.165) is 16.8 Å². The third kappa shape index (κ3) is 2.26. The first-order valence-corrected chi connectivity index (χ1v) is 6.46. The quantitative estimate of drug-likeness (QED) is 0.901. The maximum Gasteiger partial charge on any atom is 0.239 e. The molecule has 0 aliphatic carbocycles. The number of carbonyl (C=O) groups is 1. The summed E-state index contributed by atoms with van der Waals surface area (Å²) in [7, 11) is 1.76. The second-order valence-corrected chi connectivity index (χ2v) is 5.52. The predicted molar refractivity (Wildman–Crippen MR) is 74.4 cm³/mol. The average molecular weight is 263 g/mol. The third-order valence-electron chi connectivity index (χ3n) is 3.99. The zero-order chi connectivity index (χ0) is 14.2. The van der Waals surface area contributed by atoms with Crippen molar-refractivity contribution in [2.45, 2.75) is 20.8 Å². The topological polar surface area (TPSA) is 49.8 Å². The number of carbonyl (C=O) groups excluding carboxylic acids is 1. The summed E-state index contributed by atoms with van der Waals surface area (Å²) >= 11 is 0. The van der Waals surface area contributed by atoms with Gasteiger partial charge in [0.1, 0.15) is 5.41 Å². The number of anilines is 1. The number of amides is 1. The van der Waals surface area contributed by atoms with Crippen molar-refractivity contribution in [2.75, 3.05) is 31.8 Å². The molecule has 1 N–H and O–H groups in total. The molecule has 0 saturated carbocycles. The molecule has 0 spiro atoms. The molecule has 4 nitrogen and oxygen atoms in total. The van der Waals surface area contributed by atoms with Gasteiger partial charge in [-0.05, 0) is 43.5 Å². The Morgan fingerprint density at radius 2 is 1.84 bits per heavy atom. The number of rotatable bonds is 3. The molecule has 1 amide bonds. The minimum Gasteiger partial charge on any atom is -0.395 e. The van der Waals surface area contributed by atoms with Crippen LogP contribution in [0.4, 0.5) is 5.69 Å². The number of benzene rings is 1. The molecule has 1 heterocycles. The Balaban J connectivity index is 2.31. The number of aliphatic hydroxyl groups excluding tert-OH is 1. The minimum absolute atomic E-state index is 0.0763. The molecule has 1 aromatic carbocycles. The highest BCUT2D eigenvalue weighted by Crippen LogP contribution is 2.32. The average Bonchev–Trinajstić information content (AvgIpc) is 2.32. The maximum absolute atomic E-state index is 12.5. The molecule has 4 heteroatoms. The van der Waals surface area contributed by atoms with Gasteiger partial charge in [0.15, 0.2) is 0 Å². The van der Waals surface area contributed by atoms with Crippen LogP contribution in [0, 0.1) is 26.2 Å². The van der Waals surface area contributed by atoms with Crippen molar-refractivity contribution in [3.05, 3.63) is 28.8 Å². The van der Waals surface area contributed by atoms with Crippen LogP contribution in [0.1, 0.15) is 16.7 Å². The summed E-state index contributed by atoms with van der Waals surface area (Å²) in [5, 5.41) is 9.44. The van der Waals surface area contributed by atoms with Gasteiger partial charge in [-0.25, -0.2) is 0 Å². The van der Waals surface area contributed by atoms with E-state index in [0.29, 0.717) is 13.2 Å². The van der Waals surface area contributed by atoms with Crippen molar-refractivity contribution in [3.63, 3.8) is 0 Å². The molecule has 19 heavy (non-hydrogen) atoms. The van der Waals surface area contributed by atoms with Gasteiger partial charge in [0.05, 0.1) is 19.8 Å². The van der Waals surface area contributed by atoms with Crippen molar-refractivity contribution in [1.29, 1.82) is 0 Å². The van der Waals surface area contributed by atoms with Gasteiger partial charge in [0.25, 0.3) is 0 Å². The normalized spacial score (nSPS) is 16.9. The summed E-state index contributed by atoms with van der Waals surface area (Å²) in [6, 6.07) is 4.10. The van der Waals surface area contributed by atoms with Crippen LogP contribution in [-0.2, 0) is 9.53 Å². The van der Waals surface area contributed by atoms with Crippen LogP contribution in [0.5, 0.6) is 0 Å². The first-order valence-electron chi connectivity index (χ1n) is 6.46. The molecule has 0 unspecified atom stereocenters. The SMILES string of the molecule is Cc1cc(C)c(N(C)C(=O)C2(CO)COC2)cc1C. The number of nitrogens with zero attached hydrogens (tertiary/aromatic N) is 1. The lowest BCUT2D eigenvalue weighted by Gasteiger charge is -2.41. The fourth-order valence-corrected chi connectivity index (χ4v) is 2.40. The molecular weight excluding hydrogens is 242 g/mol. The highest BCUT2D eigenvalue weighted by atomic mass is 16.5. The lowest BCUT2D eigenvalue weighted by atomic mass is 9.85. The van der Waals surface area contributed by atoms with Gasteiger partial charge in [-0.1, -0.05) is 6.07 Å². The number of ether oxygens (including phenoxy) is 1. The molecule has 1 fully saturated rings. The number of aryl methyl sites for hydroxylation is 3. The molecule has 1 aliphatic rings. The molecule has 2 rings (SSSR count). The molecule has 1 aliphatic heterocycles. The Morgan fingerprint density at radius 1 is 1.26 bits per heavy atom. The zero-order valence-corrected chi connectivity index (χ0v) is 12.0. The lowest BCUT2D eigenvalue weighted by molar-refractivity contribution is -0.166. The molecule has 0 radical (unpaired) electrons. The van der Waals surface area contributed by atoms with Gasteiger partial charge in [0.2, 0.25) is 5.91 Å². The van der Waals surface area contributed by atoms with Crippen molar-refractivity contribution < 1.29 is 14.6 Å². The van der Waals surface area contributed by atoms with Gasteiger partial charge in [-0.15, -0.1) is 0 Å². The summed E-state index contributed by atoms with van der Waals surface area (Å²) in [6.45, 7) is 6.52. The number of aliphatic hydroxyl groups is 1. The van der Waals surface area contributed by atoms with Crippen molar-refractivity contribution >= 4 is 11.6 Å². The molecule has 104 valence electrons. The van der Waals surface area contributed by atoms with E-state index < -0.39 is 5.41 Å². The first kappa shape index (κ1) is 14.0. The highest BCUT2D eigenvalue weighted by Gasteiger charge is 2.47. The van der Waals surface area contributed by atoms with Crippen molar-refractivity contribution in [1.82, 2.24) is 0 Å². The minimum atomic E-state index is -0.750. The Hall–Kier alpha value is -1.39. The largest absolute Gasteiger partial charge is 0.395 e. The summed E-state index contributed by atoms with van der Waals surface area (Å²) in [5.41, 5.74) is 3.58. The first-order chi connectivity index (χ1) is 8.91. The van der Waals surface area contributed by atoms with Crippen molar-refractivity contribution in [2.24, 2.45) is 5.41 Å². The van der Waals surface area contributed by atoms with Gasteiger partial charge in [-0.3, -0.25) is 4.79 Å². The molecule has 1 saturated heterocycles. The van der Waals surface area contributed by atoms with Crippen LogP contribution in [0.2, 0.25) is 0 Å². The van der Waals surface area contributed by atoms with Gasteiger partial charge in [0, 0.05) is 12.7 Å². The van der Waals surface area contributed by atoms with E-state index in [-0.39, 0.29) is 12.5 Å². The molecule has 1 aromatic rings. The van der Waals surface area contributed by atoms with E-state index in [1.165, 1.54) is 5.56 Å². The number of hydrogen-bond donors (Lipinski definition) is 1. The van der Waals surface area contributed by atoms with E-state index in [1.807, 2.05) is 19.9 Å². The Bertz CT molecular complexity index is 501. The van der Waals surface area contributed by atoms with E-state index in [2.05, 4.69) is 13.0 Å². The summed E-state index contributed by atoms with van der Waals surface area (Å²) in [4.78, 5) is 14.2. The Labute approximate surface area is 114 Å². The van der Waals surface area contributed by atoms with Crippen LogP contribution < -0.4 is 4.90 Å². The van der Waals surface area contributed by atoms with E-state index in [4.69, 9.17) is 4.74 Å². The second kappa shape index (κ2) is 4.94. The smallest absolute Gasteiger partial charge is 0.239 e. The fraction of sp³-hybridized carbons (Fsp3) is 0.533. The predicted octanol–water partition coefficient (Wildman–Crippen LogP) is 1.58. The molecule has 0 atom stereocenters. The Kier molecular flexibility index (Phi) is 3.65. The zero-order valence-electron chi connectivity index (χ0n) is 12.0. The monoisotopic (exact) mass is 263 g/mol. The van der Waals surface area contributed by atoms with Gasteiger partial charge >= 0.3 is 0 Å².